The standard InChI is InChI=1S/C11H16N2O2/c1-4-8-5-6-10(15-3)9(7-8)11(14)13(2)12/h5-7H,4,12H2,1-3H3. The molecule has 1 rings (SSSR count). The van der Waals surface area contributed by atoms with Gasteiger partial charge in [-0.15, -0.1) is 0 Å². The van der Waals surface area contributed by atoms with Crippen molar-refractivity contribution < 1.29 is 9.53 Å². The lowest BCUT2D eigenvalue weighted by Gasteiger charge is -2.13. The summed E-state index contributed by atoms with van der Waals surface area (Å²) in [5.74, 6) is 5.71. The first kappa shape index (κ1) is 11.5. The number of rotatable bonds is 3. The molecule has 0 aliphatic heterocycles. The minimum atomic E-state index is -0.248. The van der Waals surface area contributed by atoms with Gasteiger partial charge >= 0.3 is 0 Å². The molecule has 0 bridgehead atoms. The molecule has 0 saturated heterocycles. The molecule has 1 aromatic rings. The van der Waals surface area contributed by atoms with E-state index in [1.54, 1.807) is 6.07 Å². The highest BCUT2D eigenvalue weighted by molar-refractivity contribution is 5.96. The number of aryl methyl sites for hydroxylation is 1. The van der Waals surface area contributed by atoms with E-state index in [9.17, 15) is 4.79 Å². The number of carbonyl (C=O) groups excluding carboxylic acids is 1. The molecule has 0 saturated carbocycles. The first-order valence-electron chi connectivity index (χ1n) is 4.79. The molecule has 2 N–H and O–H groups in total. The minimum Gasteiger partial charge on any atom is -0.496 e. The van der Waals surface area contributed by atoms with Crippen LogP contribution in [0.25, 0.3) is 0 Å². The van der Waals surface area contributed by atoms with Gasteiger partial charge in [0.05, 0.1) is 12.7 Å². The summed E-state index contributed by atoms with van der Waals surface area (Å²) in [4.78, 5) is 11.7. The van der Waals surface area contributed by atoms with Crippen LogP contribution in [0.2, 0.25) is 0 Å². The first-order valence-corrected chi connectivity index (χ1v) is 4.79. The van der Waals surface area contributed by atoms with E-state index in [0.29, 0.717) is 11.3 Å². The maximum Gasteiger partial charge on any atom is 0.271 e. The molecule has 0 aliphatic carbocycles. The summed E-state index contributed by atoms with van der Waals surface area (Å²) in [5, 5.41) is 1.05. The maximum absolute atomic E-state index is 11.7. The molecular weight excluding hydrogens is 192 g/mol. The topological polar surface area (TPSA) is 55.6 Å². The van der Waals surface area contributed by atoms with Gasteiger partial charge in [0.25, 0.3) is 5.91 Å². The van der Waals surface area contributed by atoms with Crippen molar-refractivity contribution in [3.05, 3.63) is 29.3 Å². The zero-order valence-electron chi connectivity index (χ0n) is 9.28. The van der Waals surface area contributed by atoms with Crippen molar-refractivity contribution in [1.82, 2.24) is 5.01 Å². The van der Waals surface area contributed by atoms with Crippen molar-refractivity contribution >= 4 is 5.91 Å². The van der Waals surface area contributed by atoms with Crippen LogP contribution >= 0.6 is 0 Å². The first-order chi connectivity index (χ1) is 7.10. The van der Waals surface area contributed by atoms with Crippen molar-refractivity contribution in [2.24, 2.45) is 5.84 Å². The Morgan fingerprint density at radius 3 is 2.67 bits per heavy atom. The van der Waals surface area contributed by atoms with Gasteiger partial charge in [-0.3, -0.25) is 9.80 Å². The van der Waals surface area contributed by atoms with Gasteiger partial charge in [0, 0.05) is 7.05 Å². The van der Waals surface area contributed by atoms with Crippen molar-refractivity contribution in [3.63, 3.8) is 0 Å². The van der Waals surface area contributed by atoms with Crippen molar-refractivity contribution in [1.29, 1.82) is 0 Å². The Kier molecular flexibility index (Phi) is 3.68. The fraction of sp³-hybridized carbons (Fsp3) is 0.364. The van der Waals surface area contributed by atoms with E-state index in [0.717, 1.165) is 17.0 Å². The molecule has 82 valence electrons. The van der Waals surface area contributed by atoms with Crippen LogP contribution in [0, 0.1) is 0 Å². The summed E-state index contributed by atoms with van der Waals surface area (Å²) < 4.78 is 5.11. The highest BCUT2D eigenvalue weighted by Gasteiger charge is 2.14. The van der Waals surface area contributed by atoms with E-state index in [4.69, 9.17) is 10.6 Å². The Labute approximate surface area is 89.6 Å². The summed E-state index contributed by atoms with van der Waals surface area (Å²) in [5.41, 5.74) is 1.59. The molecule has 0 fully saturated rings. The molecular formula is C11H16N2O2. The third kappa shape index (κ3) is 2.47. The highest BCUT2D eigenvalue weighted by atomic mass is 16.5. The molecule has 1 aromatic carbocycles. The van der Waals surface area contributed by atoms with Crippen LogP contribution in [-0.4, -0.2) is 25.1 Å². The van der Waals surface area contributed by atoms with E-state index in [2.05, 4.69) is 0 Å². The Morgan fingerprint density at radius 1 is 1.53 bits per heavy atom. The second kappa shape index (κ2) is 4.79. The van der Waals surface area contributed by atoms with Crippen LogP contribution in [0.5, 0.6) is 5.75 Å². The second-order valence-corrected chi connectivity index (χ2v) is 3.30. The molecule has 4 heteroatoms. The number of hydrazine groups is 1. The summed E-state index contributed by atoms with van der Waals surface area (Å²) in [6.07, 6.45) is 0.874. The van der Waals surface area contributed by atoms with Gasteiger partial charge in [-0.25, -0.2) is 5.84 Å². The molecule has 0 spiro atoms. The van der Waals surface area contributed by atoms with Gasteiger partial charge in [-0.05, 0) is 24.1 Å². The Hall–Kier alpha value is -1.55. The molecule has 0 aliphatic rings. The van der Waals surface area contributed by atoms with Crippen LogP contribution in [0.4, 0.5) is 0 Å². The Balaban J connectivity index is 3.17. The average molecular weight is 208 g/mol. The zero-order chi connectivity index (χ0) is 11.4. The van der Waals surface area contributed by atoms with Gasteiger partial charge in [0.2, 0.25) is 0 Å². The molecule has 0 aromatic heterocycles. The Bertz CT molecular complexity index is 362. The lowest BCUT2D eigenvalue weighted by atomic mass is 10.1. The van der Waals surface area contributed by atoms with Gasteiger partial charge in [-0.2, -0.15) is 0 Å². The number of nitrogens with zero attached hydrogens (tertiary/aromatic N) is 1. The van der Waals surface area contributed by atoms with Crippen molar-refractivity contribution in [2.75, 3.05) is 14.2 Å². The summed E-state index contributed by atoms with van der Waals surface area (Å²) >= 11 is 0. The SMILES string of the molecule is CCc1ccc(OC)c(C(=O)N(C)N)c1. The van der Waals surface area contributed by atoms with Crippen LogP contribution in [0.15, 0.2) is 18.2 Å². The lowest BCUT2D eigenvalue weighted by Crippen LogP contribution is -2.33. The number of hydrogen-bond acceptors (Lipinski definition) is 3. The fourth-order valence-corrected chi connectivity index (χ4v) is 1.33. The van der Waals surface area contributed by atoms with E-state index in [-0.39, 0.29) is 5.91 Å². The fourth-order valence-electron chi connectivity index (χ4n) is 1.33. The van der Waals surface area contributed by atoms with Gasteiger partial charge in [-0.1, -0.05) is 13.0 Å². The third-order valence-corrected chi connectivity index (χ3v) is 2.22. The van der Waals surface area contributed by atoms with E-state index in [1.807, 2.05) is 19.1 Å². The zero-order valence-corrected chi connectivity index (χ0v) is 9.28. The monoisotopic (exact) mass is 208 g/mol. The predicted molar refractivity (Wildman–Crippen MR) is 58.7 cm³/mol. The number of benzene rings is 1. The molecule has 4 nitrogen and oxygen atoms in total. The molecule has 0 atom stereocenters. The predicted octanol–water partition coefficient (Wildman–Crippen LogP) is 1.20. The van der Waals surface area contributed by atoms with Crippen molar-refractivity contribution in [3.8, 4) is 5.75 Å². The van der Waals surface area contributed by atoms with Crippen LogP contribution in [0.1, 0.15) is 22.8 Å². The second-order valence-electron chi connectivity index (χ2n) is 3.30. The van der Waals surface area contributed by atoms with E-state index >= 15 is 0 Å². The van der Waals surface area contributed by atoms with E-state index in [1.165, 1.54) is 14.2 Å². The quantitative estimate of drug-likeness (QED) is 0.461. The van der Waals surface area contributed by atoms with Gasteiger partial charge in [0.1, 0.15) is 5.75 Å². The maximum atomic E-state index is 11.7. The van der Waals surface area contributed by atoms with Crippen LogP contribution in [0.3, 0.4) is 0 Å². The average Bonchev–Trinajstić information content (AvgIpc) is 2.27. The number of amides is 1. The lowest BCUT2D eigenvalue weighted by molar-refractivity contribution is 0.0791. The highest BCUT2D eigenvalue weighted by Crippen LogP contribution is 2.20. The van der Waals surface area contributed by atoms with E-state index < -0.39 is 0 Å². The summed E-state index contributed by atoms with van der Waals surface area (Å²) in [6, 6.07) is 5.53. The number of methoxy groups -OCH3 is 1. The summed E-state index contributed by atoms with van der Waals surface area (Å²) in [7, 11) is 3.05. The molecule has 0 heterocycles. The molecule has 1 amide bonds. The van der Waals surface area contributed by atoms with Crippen LogP contribution < -0.4 is 10.6 Å². The number of hydrogen-bond donors (Lipinski definition) is 1. The number of carbonyl (C=O) groups is 1. The number of ether oxygens (including phenoxy) is 1. The van der Waals surface area contributed by atoms with Crippen LogP contribution in [-0.2, 0) is 6.42 Å². The van der Waals surface area contributed by atoms with Gasteiger partial charge < -0.3 is 4.74 Å². The van der Waals surface area contributed by atoms with Gasteiger partial charge in [0.15, 0.2) is 0 Å². The normalized spacial score (nSPS) is 9.87. The largest absolute Gasteiger partial charge is 0.496 e. The summed E-state index contributed by atoms with van der Waals surface area (Å²) in [6.45, 7) is 2.03. The molecule has 0 unspecified atom stereocenters. The molecule has 0 radical (unpaired) electrons. The Morgan fingerprint density at radius 2 is 2.20 bits per heavy atom. The third-order valence-electron chi connectivity index (χ3n) is 2.22. The molecule has 15 heavy (non-hydrogen) atoms. The smallest absolute Gasteiger partial charge is 0.271 e. The van der Waals surface area contributed by atoms with Crippen molar-refractivity contribution in [2.45, 2.75) is 13.3 Å². The number of nitrogens with two attached hydrogens (primary N) is 1. The minimum absolute atomic E-state index is 0.248.